The van der Waals surface area contributed by atoms with Gasteiger partial charge in [-0.15, -0.1) is 0 Å². The van der Waals surface area contributed by atoms with Crippen LogP contribution in [0.2, 0.25) is 0 Å². The number of rotatable bonds is 2. The number of carbonyl (C=O) groups is 3. The van der Waals surface area contributed by atoms with Crippen LogP contribution in [-0.4, -0.2) is 46.7 Å². The Morgan fingerprint density at radius 3 is 2.30 bits per heavy atom. The first-order valence-electron chi connectivity index (χ1n) is 6.68. The van der Waals surface area contributed by atoms with Crippen LogP contribution in [0.25, 0.3) is 0 Å². The van der Waals surface area contributed by atoms with Gasteiger partial charge in [-0.3, -0.25) is 19.3 Å². The fraction of sp³-hybridized carbons (Fsp3) is 0.500. The van der Waals surface area contributed by atoms with Crippen molar-refractivity contribution in [3.8, 4) is 0 Å². The molecule has 3 rings (SSSR count). The molecule has 0 unspecified atom stereocenters. The molecule has 2 fully saturated rings. The summed E-state index contributed by atoms with van der Waals surface area (Å²) in [5.41, 5.74) is 0.556. The second-order valence-electron chi connectivity index (χ2n) is 5.35. The van der Waals surface area contributed by atoms with Gasteiger partial charge < -0.3 is 9.32 Å². The van der Waals surface area contributed by atoms with Gasteiger partial charge in [0.25, 0.3) is 5.91 Å². The largest absolute Gasteiger partial charge is 0.466 e. The molecule has 1 aromatic heterocycles. The predicted octanol–water partition coefficient (Wildman–Crippen LogP) is 0.870. The number of amides is 3. The maximum Gasteiger partial charge on any atom is 0.257 e. The highest BCUT2D eigenvalue weighted by molar-refractivity contribution is 6.03. The zero-order chi connectivity index (χ0) is 14.4. The van der Waals surface area contributed by atoms with Crippen LogP contribution >= 0.6 is 0 Å². The van der Waals surface area contributed by atoms with Crippen molar-refractivity contribution in [2.24, 2.45) is 0 Å². The molecule has 106 valence electrons. The second kappa shape index (κ2) is 4.47. The zero-order valence-electron chi connectivity index (χ0n) is 11.5. The molecule has 20 heavy (non-hydrogen) atoms. The minimum atomic E-state index is -0.158. The average molecular weight is 276 g/mol. The first-order valence-corrected chi connectivity index (χ1v) is 6.68. The van der Waals surface area contributed by atoms with E-state index >= 15 is 0 Å². The highest BCUT2D eigenvalue weighted by atomic mass is 16.3. The molecule has 6 nitrogen and oxygen atoms in total. The molecule has 2 aliphatic heterocycles. The molecule has 0 aliphatic carbocycles. The van der Waals surface area contributed by atoms with Crippen molar-refractivity contribution in [1.82, 2.24) is 9.80 Å². The lowest BCUT2D eigenvalue weighted by Gasteiger charge is -2.42. The third-order valence-electron chi connectivity index (χ3n) is 3.88. The summed E-state index contributed by atoms with van der Waals surface area (Å²) in [4.78, 5) is 38.4. The van der Waals surface area contributed by atoms with Crippen molar-refractivity contribution in [3.63, 3.8) is 0 Å². The van der Waals surface area contributed by atoms with Crippen molar-refractivity contribution in [2.45, 2.75) is 32.7 Å². The summed E-state index contributed by atoms with van der Waals surface area (Å²) in [6.45, 7) is 4.38. The zero-order valence-corrected chi connectivity index (χ0v) is 11.5. The Morgan fingerprint density at radius 1 is 1.20 bits per heavy atom. The number of likely N-dealkylation sites (tertiary alicyclic amines) is 2. The number of nitrogens with zero attached hydrogens (tertiary/aromatic N) is 2. The third-order valence-corrected chi connectivity index (χ3v) is 3.88. The molecule has 0 bridgehead atoms. The number of aryl methyl sites for hydroxylation is 2. The monoisotopic (exact) mass is 276 g/mol. The van der Waals surface area contributed by atoms with Crippen LogP contribution in [0.5, 0.6) is 0 Å². The molecule has 0 atom stereocenters. The second-order valence-corrected chi connectivity index (χ2v) is 5.35. The van der Waals surface area contributed by atoms with E-state index in [1.54, 1.807) is 24.8 Å². The lowest BCUT2D eigenvalue weighted by Crippen LogP contribution is -2.62. The van der Waals surface area contributed by atoms with Crippen LogP contribution in [0.1, 0.15) is 34.7 Å². The molecule has 1 aromatic rings. The fourth-order valence-corrected chi connectivity index (χ4v) is 2.80. The summed E-state index contributed by atoms with van der Waals surface area (Å²) in [7, 11) is 0. The van der Waals surface area contributed by atoms with Crippen LogP contribution < -0.4 is 0 Å². The van der Waals surface area contributed by atoms with Crippen molar-refractivity contribution >= 4 is 17.7 Å². The lowest BCUT2D eigenvalue weighted by molar-refractivity contribution is -0.144. The van der Waals surface area contributed by atoms with E-state index in [9.17, 15) is 14.4 Å². The number of hydrogen-bond acceptors (Lipinski definition) is 4. The molecule has 2 saturated heterocycles. The first kappa shape index (κ1) is 12.9. The van der Waals surface area contributed by atoms with Gasteiger partial charge in [0, 0.05) is 25.9 Å². The Kier molecular flexibility index (Phi) is 2.88. The van der Waals surface area contributed by atoms with Gasteiger partial charge in [0.15, 0.2) is 0 Å². The van der Waals surface area contributed by atoms with Gasteiger partial charge in [0.2, 0.25) is 11.8 Å². The van der Waals surface area contributed by atoms with Gasteiger partial charge in [0.1, 0.15) is 11.5 Å². The number of hydrogen-bond donors (Lipinski definition) is 0. The quantitative estimate of drug-likeness (QED) is 0.751. The molecule has 0 aromatic carbocycles. The normalized spacial score (nSPS) is 19.7. The molecule has 0 N–H and O–H groups in total. The summed E-state index contributed by atoms with van der Waals surface area (Å²) in [6.07, 6.45) is 0.590. The minimum absolute atomic E-state index is 0.102. The Labute approximate surface area is 116 Å². The van der Waals surface area contributed by atoms with E-state index in [1.165, 1.54) is 4.90 Å². The third kappa shape index (κ3) is 1.92. The Hall–Kier alpha value is -2.11. The number of imide groups is 1. The van der Waals surface area contributed by atoms with Gasteiger partial charge >= 0.3 is 0 Å². The molecule has 3 heterocycles. The van der Waals surface area contributed by atoms with Crippen LogP contribution in [0, 0.1) is 13.8 Å². The Balaban J connectivity index is 1.66. The number of furan rings is 1. The van der Waals surface area contributed by atoms with E-state index in [-0.39, 0.29) is 23.8 Å². The van der Waals surface area contributed by atoms with Crippen LogP contribution in [0.4, 0.5) is 0 Å². The van der Waals surface area contributed by atoms with Crippen LogP contribution in [0.15, 0.2) is 10.5 Å². The SMILES string of the molecule is Cc1cc(C(=O)N2CC(N3C(=O)CCC3=O)C2)c(C)o1. The maximum absolute atomic E-state index is 12.3. The highest BCUT2D eigenvalue weighted by Crippen LogP contribution is 2.25. The Bertz CT molecular complexity index is 582. The van der Waals surface area contributed by atoms with E-state index in [1.807, 2.05) is 0 Å². The van der Waals surface area contributed by atoms with E-state index < -0.39 is 0 Å². The van der Waals surface area contributed by atoms with E-state index in [4.69, 9.17) is 4.42 Å². The van der Waals surface area contributed by atoms with Gasteiger partial charge in [-0.25, -0.2) is 0 Å². The highest BCUT2D eigenvalue weighted by Gasteiger charge is 2.43. The molecule has 6 heteroatoms. The Morgan fingerprint density at radius 2 is 1.80 bits per heavy atom. The molecule has 0 radical (unpaired) electrons. The average Bonchev–Trinajstić information content (AvgIpc) is 2.83. The van der Waals surface area contributed by atoms with Crippen LogP contribution in [-0.2, 0) is 9.59 Å². The fourth-order valence-electron chi connectivity index (χ4n) is 2.80. The minimum Gasteiger partial charge on any atom is -0.466 e. The van der Waals surface area contributed by atoms with Gasteiger partial charge in [-0.2, -0.15) is 0 Å². The van der Waals surface area contributed by atoms with E-state index in [2.05, 4.69) is 0 Å². The topological polar surface area (TPSA) is 70.8 Å². The molecule has 0 spiro atoms. The summed E-state index contributed by atoms with van der Waals surface area (Å²) < 4.78 is 5.35. The van der Waals surface area contributed by atoms with Crippen molar-refractivity contribution < 1.29 is 18.8 Å². The first-order chi connectivity index (χ1) is 9.47. The smallest absolute Gasteiger partial charge is 0.257 e. The lowest BCUT2D eigenvalue weighted by atomic mass is 10.1. The molecule has 3 amide bonds. The number of carbonyl (C=O) groups excluding carboxylic acids is 3. The van der Waals surface area contributed by atoms with E-state index in [0.717, 1.165) is 0 Å². The van der Waals surface area contributed by atoms with Crippen molar-refractivity contribution in [3.05, 3.63) is 23.2 Å². The van der Waals surface area contributed by atoms with Gasteiger partial charge in [-0.05, 0) is 19.9 Å². The van der Waals surface area contributed by atoms with Gasteiger partial charge in [-0.1, -0.05) is 0 Å². The molecule has 0 saturated carbocycles. The standard InChI is InChI=1S/C14H16N2O4/c1-8-5-11(9(2)20-8)14(19)15-6-10(7-15)16-12(17)3-4-13(16)18/h5,10H,3-4,6-7H2,1-2H3. The molecule has 2 aliphatic rings. The summed E-state index contributed by atoms with van der Waals surface area (Å²) in [5.74, 6) is 0.955. The van der Waals surface area contributed by atoms with Gasteiger partial charge in [0.05, 0.1) is 11.6 Å². The molecular formula is C14H16N2O4. The van der Waals surface area contributed by atoms with Crippen molar-refractivity contribution in [2.75, 3.05) is 13.1 Å². The summed E-state index contributed by atoms with van der Waals surface area (Å²) in [6, 6.07) is 1.56. The predicted molar refractivity (Wildman–Crippen MR) is 69.0 cm³/mol. The van der Waals surface area contributed by atoms with Crippen molar-refractivity contribution in [1.29, 1.82) is 0 Å². The maximum atomic E-state index is 12.3. The summed E-state index contributed by atoms with van der Waals surface area (Å²) >= 11 is 0. The summed E-state index contributed by atoms with van der Waals surface area (Å²) in [5, 5.41) is 0. The molecular weight excluding hydrogens is 260 g/mol. The van der Waals surface area contributed by atoms with Crippen LogP contribution in [0.3, 0.4) is 0 Å². The van der Waals surface area contributed by atoms with E-state index in [0.29, 0.717) is 43.0 Å².